The third-order valence-corrected chi connectivity index (χ3v) is 5.70. The van der Waals surface area contributed by atoms with E-state index in [1.807, 2.05) is 36.9 Å². The van der Waals surface area contributed by atoms with Crippen LogP contribution in [-0.2, 0) is 11.2 Å². The molecule has 0 atom stereocenters. The fourth-order valence-corrected chi connectivity index (χ4v) is 3.96. The number of aryl methyl sites for hydroxylation is 3. The number of rotatable bonds is 3. The minimum atomic E-state index is 0.120. The highest BCUT2D eigenvalue weighted by molar-refractivity contribution is 6.30. The second-order valence-corrected chi connectivity index (χ2v) is 7.64. The molecule has 1 aliphatic rings. The van der Waals surface area contributed by atoms with Crippen molar-refractivity contribution in [1.82, 2.24) is 24.5 Å². The van der Waals surface area contributed by atoms with Gasteiger partial charge in [0.2, 0.25) is 5.91 Å². The maximum Gasteiger partial charge on any atom is 0.252 e. The zero-order valence-electron chi connectivity index (χ0n) is 16.3. The Morgan fingerprint density at radius 1 is 1.14 bits per heavy atom. The van der Waals surface area contributed by atoms with Crippen LogP contribution >= 0.6 is 11.6 Å². The number of carbonyl (C=O) groups is 1. The van der Waals surface area contributed by atoms with Crippen molar-refractivity contribution in [3.63, 3.8) is 0 Å². The summed E-state index contributed by atoms with van der Waals surface area (Å²) in [4.78, 5) is 25.7. The fourth-order valence-electron chi connectivity index (χ4n) is 3.79. The SMILES string of the molecule is Cc1ccc(Cl)cc1N1CCN(C(=O)Cc2c(C)nc3ncnn3c2C)CC1. The standard InChI is InChI=1S/C20H23ClN6O/c1-13-4-5-16(21)10-18(13)25-6-8-26(9-7-25)19(28)11-17-14(2)24-20-22-12-23-27(20)15(17)3/h4-5,10,12H,6-9,11H2,1-3H3. The molecule has 1 amide bonds. The first kappa shape index (κ1) is 18.7. The van der Waals surface area contributed by atoms with Gasteiger partial charge in [0.1, 0.15) is 6.33 Å². The summed E-state index contributed by atoms with van der Waals surface area (Å²) in [5.74, 6) is 0.687. The van der Waals surface area contributed by atoms with Gasteiger partial charge < -0.3 is 9.80 Å². The molecule has 1 saturated heterocycles. The normalized spacial score (nSPS) is 14.7. The van der Waals surface area contributed by atoms with Gasteiger partial charge in [-0.2, -0.15) is 10.1 Å². The zero-order chi connectivity index (χ0) is 19.8. The van der Waals surface area contributed by atoms with Gasteiger partial charge in [0.15, 0.2) is 0 Å². The zero-order valence-corrected chi connectivity index (χ0v) is 17.1. The van der Waals surface area contributed by atoms with Crippen molar-refractivity contribution < 1.29 is 4.79 Å². The molecule has 3 aromatic rings. The lowest BCUT2D eigenvalue weighted by atomic mass is 10.1. The molecule has 0 unspecified atom stereocenters. The first-order chi connectivity index (χ1) is 13.4. The van der Waals surface area contributed by atoms with Gasteiger partial charge in [-0.3, -0.25) is 4.79 Å². The van der Waals surface area contributed by atoms with E-state index in [1.165, 1.54) is 11.9 Å². The number of nitrogens with zero attached hydrogens (tertiary/aromatic N) is 6. The quantitative estimate of drug-likeness (QED) is 0.678. The molecule has 2 aromatic heterocycles. The summed E-state index contributed by atoms with van der Waals surface area (Å²) in [6, 6.07) is 5.94. The summed E-state index contributed by atoms with van der Waals surface area (Å²) < 4.78 is 1.69. The van der Waals surface area contributed by atoms with E-state index in [1.54, 1.807) is 4.52 Å². The lowest BCUT2D eigenvalue weighted by molar-refractivity contribution is -0.130. The van der Waals surface area contributed by atoms with Crippen molar-refractivity contribution >= 4 is 29.0 Å². The Morgan fingerprint density at radius 2 is 1.89 bits per heavy atom. The number of piperazine rings is 1. The van der Waals surface area contributed by atoms with Crippen molar-refractivity contribution in [1.29, 1.82) is 0 Å². The van der Waals surface area contributed by atoms with Crippen LogP contribution in [0.3, 0.4) is 0 Å². The molecule has 0 radical (unpaired) electrons. The van der Waals surface area contributed by atoms with E-state index in [9.17, 15) is 4.79 Å². The highest BCUT2D eigenvalue weighted by Gasteiger charge is 2.24. The van der Waals surface area contributed by atoms with Crippen LogP contribution in [0.25, 0.3) is 5.78 Å². The maximum absolute atomic E-state index is 12.9. The molecule has 0 spiro atoms. The second kappa shape index (κ2) is 7.39. The van der Waals surface area contributed by atoms with Crippen LogP contribution in [0.15, 0.2) is 24.5 Å². The van der Waals surface area contributed by atoms with Crippen molar-refractivity contribution in [2.75, 3.05) is 31.1 Å². The van der Waals surface area contributed by atoms with Crippen molar-refractivity contribution in [2.24, 2.45) is 0 Å². The Kier molecular flexibility index (Phi) is 4.93. The number of carbonyl (C=O) groups excluding carboxylic acids is 1. The van der Waals surface area contributed by atoms with Gasteiger partial charge in [0.25, 0.3) is 5.78 Å². The third-order valence-electron chi connectivity index (χ3n) is 5.46. The molecule has 146 valence electrons. The van der Waals surface area contributed by atoms with Crippen LogP contribution in [0, 0.1) is 20.8 Å². The molecule has 0 N–H and O–H groups in total. The van der Waals surface area contributed by atoms with Crippen LogP contribution in [0.5, 0.6) is 0 Å². The number of hydrogen-bond donors (Lipinski definition) is 0. The number of hydrogen-bond acceptors (Lipinski definition) is 5. The topological polar surface area (TPSA) is 66.6 Å². The summed E-state index contributed by atoms with van der Waals surface area (Å²) >= 11 is 6.16. The van der Waals surface area contributed by atoms with E-state index in [0.717, 1.165) is 40.8 Å². The smallest absolute Gasteiger partial charge is 0.252 e. The minimum Gasteiger partial charge on any atom is -0.368 e. The highest BCUT2D eigenvalue weighted by atomic mass is 35.5. The number of amides is 1. The Labute approximate surface area is 168 Å². The number of anilines is 1. The summed E-state index contributed by atoms with van der Waals surface area (Å²) in [7, 11) is 0. The number of halogens is 1. The molecule has 3 heterocycles. The van der Waals surface area contributed by atoms with E-state index >= 15 is 0 Å². The summed E-state index contributed by atoms with van der Waals surface area (Å²) in [6.45, 7) is 8.95. The Bertz CT molecular complexity index is 1040. The molecule has 1 aliphatic heterocycles. The fraction of sp³-hybridized carbons (Fsp3) is 0.400. The van der Waals surface area contributed by atoms with Gasteiger partial charge in [0.05, 0.1) is 6.42 Å². The third kappa shape index (κ3) is 3.42. The maximum atomic E-state index is 12.9. The molecule has 8 heteroatoms. The van der Waals surface area contributed by atoms with Gasteiger partial charge in [-0.25, -0.2) is 9.50 Å². The van der Waals surface area contributed by atoms with Crippen LogP contribution < -0.4 is 4.90 Å². The van der Waals surface area contributed by atoms with Crippen LogP contribution in [0.4, 0.5) is 5.69 Å². The Balaban J connectivity index is 1.45. The molecule has 1 aromatic carbocycles. The van der Waals surface area contributed by atoms with E-state index in [2.05, 4.69) is 26.9 Å². The van der Waals surface area contributed by atoms with Gasteiger partial charge >= 0.3 is 0 Å². The van der Waals surface area contributed by atoms with Gasteiger partial charge in [-0.1, -0.05) is 17.7 Å². The van der Waals surface area contributed by atoms with E-state index < -0.39 is 0 Å². The van der Waals surface area contributed by atoms with Crippen LogP contribution in [0.1, 0.15) is 22.5 Å². The molecule has 4 rings (SSSR count). The lowest BCUT2D eigenvalue weighted by Gasteiger charge is -2.37. The van der Waals surface area contributed by atoms with E-state index in [0.29, 0.717) is 25.3 Å². The number of fused-ring (bicyclic) bond motifs is 1. The average molecular weight is 399 g/mol. The minimum absolute atomic E-state index is 0.120. The molecule has 0 saturated carbocycles. The van der Waals surface area contributed by atoms with E-state index in [-0.39, 0.29) is 5.91 Å². The number of aromatic nitrogens is 4. The van der Waals surface area contributed by atoms with E-state index in [4.69, 9.17) is 11.6 Å². The summed E-state index contributed by atoms with van der Waals surface area (Å²) in [5, 5.41) is 4.94. The van der Waals surface area contributed by atoms with Crippen molar-refractivity contribution in [2.45, 2.75) is 27.2 Å². The predicted molar refractivity (Wildman–Crippen MR) is 109 cm³/mol. The molecule has 0 aliphatic carbocycles. The predicted octanol–water partition coefficient (Wildman–Crippen LogP) is 2.59. The first-order valence-electron chi connectivity index (χ1n) is 9.38. The van der Waals surface area contributed by atoms with Crippen LogP contribution in [0.2, 0.25) is 5.02 Å². The van der Waals surface area contributed by atoms with Crippen molar-refractivity contribution in [3.05, 3.63) is 52.1 Å². The molecule has 7 nitrogen and oxygen atoms in total. The summed E-state index contributed by atoms with van der Waals surface area (Å²) in [6.07, 6.45) is 1.81. The largest absolute Gasteiger partial charge is 0.368 e. The molecule has 28 heavy (non-hydrogen) atoms. The molecule has 0 bridgehead atoms. The number of benzene rings is 1. The van der Waals surface area contributed by atoms with Gasteiger partial charge in [-0.15, -0.1) is 0 Å². The van der Waals surface area contributed by atoms with Crippen LogP contribution in [-0.4, -0.2) is 56.6 Å². The Morgan fingerprint density at radius 3 is 2.64 bits per heavy atom. The Hall–Kier alpha value is -2.67. The molecular formula is C20H23ClN6O. The van der Waals surface area contributed by atoms with Crippen molar-refractivity contribution in [3.8, 4) is 0 Å². The van der Waals surface area contributed by atoms with Gasteiger partial charge in [0, 0.05) is 53.8 Å². The monoisotopic (exact) mass is 398 g/mol. The molecule has 1 fully saturated rings. The molecular weight excluding hydrogens is 376 g/mol. The lowest BCUT2D eigenvalue weighted by Crippen LogP contribution is -2.49. The second-order valence-electron chi connectivity index (χ2n) is 7.21. The highest BCUT2D eigenvalue weighted by Crippen LogP contribution is 2.25. The van der Waals surface area contributed by atoms with Gasteiger partial charge in [-0.05, 0) is 38.5 Å². The average Bonchev–Trinajstić information content (AvgIpc) is 3.15. The first-order valence-corrected chi connectivity index (χ1v) is 9.76. The summed E-state index contributed by atoms with van der Waals surface area (Å²) in [5.41, 5.74) is 5.02.